The number of carbonyl (C=O) groups is 1. The number of carbonyl (C=O) groups excluding carboxylic acids is 1. The third kappa shape index (κ3) is 4.28. The number of phenolic OH excluding ortho intramolecular Hbond substituents is 1. The van der Waals surface area contributed by atoms with Gasteiger partial charge >= 0.3 is 0 Å². The average molecular weight is 408 g/mol. The molecule has 0 aliphatic heterocycles. The lowest BCUT2D eigenvalue weighted by Gasteiger charge is -2.08. The summed E-state index contributed by atoms with van der Waals surface area (Å²) in [7, 11) is 1.38. The third-order valence-corrected chi connectivity index (χ3v) is 3.80. The molecular weight excluding hydrogens is 396 g/mol. The smallest absolute Gasteiger partial charge is 0.266 e. The van der Waals surface area contributed by atoms with Crippen molar-refractivity contribution in [2.24, 2.45) is 0 Å². The van der Waals surface area contributed by atoms with Crippen LogP contribution in [0.25, 0.3) is 6.08 Å². The molecule has 1 amide bonds. The van der Waals surface area contributed by atoms with E-state index in [1.807, 2.05) is 6.07 Å². The Balaban J connectivity index is 2.32. The van der Waals surface area contributed by atoms with Crippen LogP contribution in [-0.4, -0.2) is 18.1 Å². The van der Waals surface area contributed by atoms with E-state index in [1.54, 1.807) is 24.3 Å². The first-order chi connectivity index (χ1) is 11.4. The molecule has 2 N–H and O–H groups in total. The van der Waals surface area contributed by atoms with Crippen molar-refractivity contribution in [1.29, 1.82) is 5.26 Å². The molecule has 0 atom stereocenters. The number of ether oxygens (including phenoxy) is 1. The molecule has 0 aliphatic rings. The lowest BCUT2D eigenvalue weighted by molar-refractivity contribution is -0.112. The van der Waals surface area contributed by atoms with Crippen LogP contribution in [0.15, 0.2) is 46.4 Å². The van der Waals surface area contributed by atoms with Gasteiger partial charge in [-0.3, -0.25) is 4.79 Å². The van der Waals surface area contributed by atoms with E-state index in [1.165, 1.54) is 25.3 Å². The van der Waals surface area contributed by atoms with E-state index in [9.17, 15) is 15.2 Å². The fourth-order valence-corrected chi connectivity index (χ4v) is 2.38. The third-order valence-electron chi connectivity index (χ3n) is 3.06. The van der Waals surface area contributed by atoms with Gasteiger partial charge in [-0.2, -0.15) is 5.26 Å². The van der Waals surface area contributed by atoms with Crippen molar-refractivity contribution in [3.63, 3.8) is 0 Å². The van der Waals surface area contributed by atoms with E-state index in [2.05, 4.69) is 21.2 Å². The zero-order valence-electron chi connectivity index (χ0n) is 12.5. The molecule has 0 saturated carbocycles. The van der Waals surface area contributed by atoms with Crippen LogP contribution in [0.1, 0.15) is 5.56 Å². The number of hydrogen-bond acceptors (Lipinski definition) is 4. The van der Waals surface area contributed by atoms with E-state index in [0.29, 0.717) is 10.7 Å². The van der Waals surface area contributed by atoms with Crippen LogP contribution in [0.4, 0.5) is 5.69 Å². The molecule has 2 aromatic rings. The van der Waals surface area contributed by atoms with Crippen LogP contribution in [0.5, 0.6) is 11.5 Å². The van der Waals surface area contributed by atoms with Crippen molar-refractivity contribution in [3.8, 4) is 17.6 Å². The Morgan fingerprint density at radius 2 is 2.04 bits per heavy atom. The number of rotatable bonds is 4. The van der Waals surface area contributed by atoms with Gasteiger partial charge in [-0.15, -0.1) is 0 Å². The van der Waals surface area contributed by atoms with Crippen LogP contribution in [0, 0.1) is 11.3 Å². The molecule has 2 aromatic carbocycles. The summed E-state index contributed by atoms with van der Waals surface area (Å²) >= 11 is 9.24. The monoisotopic (exact) mass is 406 g/mol. The molecule has 0 saturated heterocycles. The summed E-state index contributed by atoms with van der Waals surface area (Å²) in [5, 5.41) is 22.2. The molecule has 0 spiro atoms. The number of phenols is 1. The lowest BCUT2D eigenvalue weighted by Crippen LogP contribution is -2.13. The van der Waals surface area contributed by atoms with Crippen LogP contribution in [-0.2, 0) is 4.79 Å². The van der Waals surface area contributed by atoms with Gasteiger partial charge in [-0.05, 0) is 36.4 Å². The lowest BCUT2D eigenvalue weighted by atomic mass is 10.1. The van der Waals surface area contributed by atoms with Gasteiger partial charge in [0, 0.05) is 26.8 Å². The molecular formula is C17H12BrClN2O3. The number of anilines is 1. The fraction of sp³-hybridized carbons (Fsp3) is 0.0588. The number of benzene rings is 2. The molecule has 0 heterocycles. The Hall–Kier alpha value is -2.49. The number of amides is 1. The number of hydrogen-bond donors (Lipinski definition) is 2. The molecule has 7 heteroatoms. The summed E-state index contributed by atoms with van der Waals surface area (Å²) in [6.45, 7) is 0. The number of halogens is 2. The summed E-state index contributed by atoms with van der Waals surface area (Å²) in [6.07, 6.45) is 1.25. The van der Waals surface area contributed by atoms with Crippen molar-refractivity contribution in [3.05, 3.63) is 57.0 Å². The molecule has 0 bridgehead atoms. The zero-order chi connectivity index (χ0) is 17.7. The largest absolute Gasteiger partial charge is 0.504 e. The van der Waals surface area contributed by atoms with Crippen molar-refractivity contribution in [2.75, 3.05) is 12.4 Å². The first-order valence-electron chi connectivity index (χ1n) is 6.70. The molecule has 0 aliphatic carbocycles. The van der Waals surface area contributed by atoms with E-state index >= 15 is 0 Å². The fourth-order valence-electron chi connectivity index (χ4n) is 1.90. The van der Waals surface area contributed by atoms with Crippen molar-refractivity contribution in [2.45, 2.75) is 0 Å². The minimum absolute atomic E-state index is 0.152. The summed E-state index contributed by atoms with van der Waals surface area (Å²) in [4.78, 5) is 12.2. The number of aromatic hydroxyl groups is 1. The first kappa shape index (κ1) is 17.9. The Kier molecular flexibility index (Phi) is 5.85. The standard InChI is InChI=1S/C17H12BrClN2O3/c1-24-15-8-13(19)7-10(16(15)22)6-11(9-20)17(23)21-14-4-2-12(18)3-5-14/h2-8,22H,1H3,(H,21,23)/b11-6-. The van der Waals surface area contributed by atoms with E-state index in [-0.39, 0.29) is 22.6 Å². The number of methoxy groups -OCH3 is 1. The summed E-state index contributed by atoms with van der Waals surface area (Å²) in [5.74, 6) is -0.649. The van der Waals surface area contributed by atoms with E-state index in [0.717, 1.165) is 4.47 Å². The number of nitrogens with zero attached hydrogens (tertiary/aromatic N) is 1. The average Bonchev–Trinajstić information content (AvgIpc) is 2.57. The van der Waals surface area contributed by atoms with Crippen LogP contribution < -0.4 is 10.1 Å². The van der Waals surface area contributed by atoms with Gasteiger partial charge in [0.1, 0.15) is 11.6 Å². The maximum atomic E-state index is 12.2. The Morgan fingerprint density at radius 3 is 2.62 bits per heavy atom. The maximum absolute atomic E-state index is 12.2. The highest BCUT2D eigenvalue weighted by Crippen LogP contribution is 2.34. The topological polar surface area (TPSA) is 82.3 Å². The van der Waals surface area contributed by atoms with Crippen molar-refractivity contribution in [1.82, 2.24) is 0 Å². The van der Waals surface area contributed by atoms with Crippen LogP contribution in [0.3, 0.4) is 0 Å². The minimum Gasteiger partial charge on any atom is -0.504 e. The highest BCUT2D eigenvalue weighted by molar-refractivity contribution is 9.10. The first-order valence-corrected chi connectivity index (χ1v) is 7.87. The predicted octanol–water partition coefficient (Wildman–Crippen LogP) is 4.36. The molecule has 0 fully saturated rings. The SMILES string of the molecule is COc1cc(Cl)cc(/C=C(/C#N)C(=O)Nc2ccc(Br)cc2)c1O. The predicted molar refractivity (Wildman–Crippen MR) is 96.0 cm³/mol. The van der Waals surface area contributed by atoms with Gasteiger partial charge < -0.3 is 15.2 Å². The second kappa shape index (κ2) is 7.86. The maximum Gasteiger partial charge on any atom is 0.266 e. The zero-order valence-corrected chi connectivity index (χ0v) is 14.9. The molecule has 2 rings (SSSR count). The Bertz CT molecular complexity index is 842. The van der Waals surface area contributed by atoms with Crippen LogP contribution in [0.2, 0.25) is 5.02 Å². The highest BCUT2D eigenvalue weighted by atomic mass is 79.9. The molecule has 5 nitrogen and oxygen atoms in total. The Morgan fingerprint density at radius 1 is 1.38 bits per heavy atom. The summed E-state index contributed by atoms with van der Waals surface area (Å²) in [5.41, 5.74) is 0.566. The van der Waals surface area contributed by atoms with Crippen molar-refractivity contribution < 1.29 is 14.6 Å². The van der Waals surface area contributed by atoms with Gasteiger partial charge in [0.15, 0.2) is 11.5 Å². The normalized spacial score (nSPS) is 10.8. The molecule has 0 aromatic heterocycles. The number of nitrogens with one attached hydrogen (secondary N) is 1. The highest BCUT2D eigenvalue weighted by Gasteiger charge is 2.14. The van der Waals surface area contributed by atoms with Crippen LogP contribution >= 0.6 is 27.5 Å². The van der Waals surface area contributed by atoms with Crippen molar-refractivity contribution >= 4 is 45.2 Å². The number of nitriles is 1. The van der Waals surface area contributed by atoms with Gasteiger partial charge in [0.25, 0.3) is 5.91 Å². The van der Waals surface area contributed by atoms with Gasteiger partial charge in [-0.25, -0.2) is 0 Å². The van der Waals surface area contributed by atoms with E-state index in [4.69, 9.17) is 16.3 Å². The quantitative estimate of drug-likeness (QED) is 0.583. The Labute approximate surface area is 152 Å². The molecule has 0 radical (unpaired) electrons. The minimum atomic E-state index is -0.599. The summed E-state index contributed by atoms with van der Waals surface area (Å²) < 4.78 is 5.87. The molecule has 0 unspecified atom stereocenters. The molecule has 24 heavy (non-hydrogen) atoms. The summed E-state index contributed by atoms with van der Waals surface area (Å²) in [6, 6.07) is 11.6. The molecule has 122 valence electrons. The van der Waals surface area contributed by atoms with Gasteiger partial charge in [0.05, 0.1) is 7.11 Å². The van der Waals surface area contributed by atoms with E-state index < -0.39 is 5.91 Å². The second-order valence-electron chi connectivity index (χ2n) is 4.68. The second-order valence-corrected chi connectivity index (χ2v) is 6.03. The van der Waals surface area contributed by atoms with Gasteiger partial charge in [0.2, 0.25) is 0 Å². The van der Waals surface area contributed by atoms with Gasteiger partial charge in [-0.1, -0.05) is 27.5 Å².